The minimum Gasteiger partial charge on any atom is -0.383 e. The van der Waals surface area contributed by atoms with Crippen molar-refractivity contribution >= 4 is 0 Å². The van der Waals surface area contributed by atoms with Crippen molar-refractivity contribution in [1.82, 2.24) is 4.90 Å². The van der Waals surface area contributed by atoms with Crippen LogP contribution in [0.3, 0.4) is 0 Å². The Morgan fingerprint density at radius 2 is 1.79 bits per heavy atom. The SMILES string of the molecule is CCC(N)C(N(CCOC)C(C)COC)C(F)(F)F. The lowest BCUT2D eigenvalue weighted by molar-refractivity contribution is -0.198. The molecule has 0 aromatic rings. The molecule has 3 unspecified atom stereocenters. The van der Waals surface area contributed by atoms with Crippen LogP contribution in [0, 0.1) is 0 Å². The molecule has 116 valence electrons. The van der Waals surface area contributed by atoms with Crippen molar-refractivity contribution in [1.29, 1.82) is 0 Å². The fourth-order valence-electron chi connectivity index (χ4n) is 2.07. The molecule has 0 aliphatic heterocycles. The third kappa shape index (κ3) is 6.07. The van der Waals surface area contributed by atoms with Crippen LogP contribution in [0.5, 0.6) is 0 Å². The maximum absolute atomic E-state index is 13.2. The number of alkyl halides is 3. The minimum absolute atomic E-state index is 0.166. The molecule has 0 aromatic heterocycles. The molecular formula is C12H25F3N2O2. The van der Waals surface area contributed by atoms with Crippen LogP contribution in [-0.2, 0) is 9.47 Å². The van der Waals surface area contributed by atoms with Crippen molar-refractivity contribution in [2.75, 3.05) is 34.0 Å². The van der Waals surface area contributed by atoms with E-state index >= 15 is 0 Å². The largest absolute Gasteiger partial charge is 0.405 e. The molecule has 2 N–H and O–H groups in total. The van der Waals surface area contributed by atoms with E-state index in [1.54, 1.807) is 13.8 Å². The van der Waals surface area contributed by atoms with Gasteiger partial charge < -0.3 is 15.2 Å². The molecule has 4 nitrogen and oxygen atoms in total. The predicted molar refractivity (Wildman–Crippen MR) is 68.0 cm³/mol. The first-order chi connectivity index (χ1) is 8.79. The Balaban J connectivity index is 5.11. The number of nitrogens with zero attached hydrogens (tertiary/aromatic N) is 1. The van der Waals surface area contributed by atoms with Gasteiger partial charge in [-0.25, -0.2) is 0 Å². The summed E-state index contributed by atoms with van der Waals surface area (Å²) in [6.45, 7) is 3.95. The smallest absolute Gasteiger partial charge is 0.383 e. The lowest BCUT2D eigenvalue weighted by atomic mass is 10.0. The lowest BCUT2D eigenvalue weighted by Crippen LogP contribution is -2.59. The Labute approximate surface area is 113 Å². The Bertz CT molecular complexity index is 240. The summed E-state index contributed by atoms with van der Waals surface area (Å²) in [7, 11) is 2.93. The predicted octanol–water partition coefficient (Wildman–Crippen LogP) is 1.64. The fraction of sp³-hybridized carbons (Fsp3) is 1.00. The van der Waals surface area contributed by atoms with Gasteiger partial charge in [0.1, 0.15) is 6.04 Å². The van der Waals surface area contributed by atoms with Crippen molar-refractivity contribution in [2.45, 2.75) is 44.6 Å². The van der Waals surface area contributed by atoms with Crippen molar-refractivity contribution < 1.29 is 22.6 Å². The molecule has 0 spiro atoms. The van der Waals surface area contributed by atoms with Crippen LogP contribution in [0.25, 0.3) is 0 Å². The van der Waals surface area contributed by atoms with Crippen LogP contribution in [0.4, 0.5) is 13.2 Å². The van der Waals surface area contributed by atoms with Crippen molar-refractivity contribution in [3.63, 3.8) is 0 Å². The lowest BCUT2D eigenvalue weighted by Gasteiger charge is -2.39. The zero-order chi connectivity index (χ0) is 15.1. The van der Waals surface area contributed by atoms with Crippen LogP contribution < -0.4 is 5.73 Å². The van der Waals surface area contributed by atoms with Crippen LogP contribution in [0.2, 0.25) is 0 Å². The highest BCUT2D eigenvalue weighted by Crippen LogP contribution is 2.29. The molecule has 0 aromatic carbocycles. The second-order valence-electron chi connectivity index (χ2n) is 4.59. The van der Waals surface area contributed by atoms with Gasteiger partial charge >= 0.3 is 6.18 Å². The van der Waals surface area contributed by atoms with E-state index in [1.165, 1.54) is 19.1 Å². The first-order valence-electron chi connectivity index (χ1n) is 6.35. The molecule has 19 heavy (non-hydrogen) atoms. The number of halogens is 3. The fourth-order valence-corrected chi connectivity index (χ4v) is 2.07. The highest BCUT2D eigenvalue weighted by molar-refractivity contribution is 4.90. The highest BCUT2D eigenvalue weighted by Gasteiger charge is 2.47. The maximum atomic E-state index is 13.2. The Hall–Kier alpha value is -0.370. The number of rotatable bonds is 9. The molecule has 0 aliphatic carbocycles. The molecule has 0 radical (unpaired) electrons. The van der Waals surface area contributed by atoms with Gasteiger partial charge in [-0.2, -0.15) is 13.2 Å². The number of hydrogen-bond donors (Lipinski definition) is 1. The summed E-state index contributed by atoms with van der Waals surface area (Å²) in [6.07, 6.45) is -4.11. The van der Waals surface area contributed by atoms with Crippen LogP contribution in [0.15, 0.2) is 0 Å². The molecule has 0 rings (SSSR count). The average Bonchev–Trinajstić information content (AvgIpc) is 2.32. The van der Waals surface area contributed by atoms with Gasteiger partial charge in [0.05, 0.1) is 13.2 Å². The van der Waals surface area contributed by atoms with Crippen LogP contribution in [-0.4, -0.2) is 63.2 Å². The summed E-state index contributed by atoms with van der Waals surface area (Å²) in [6, 6.07) is -3.03. The van der Waals surface area contributed by atoms with Gasteiger partial charge in [-0.05, 0) is 13.3 Å². The zero-order valence-corrected chi connectivity index (χ0v) is 12.0. The van der Waals surface area contributed by atoms with Crippen molar-refractivity contribution in [3.05, 3.63) is 0 Å². The average molecular weight is 286 g/mol. The molecule has 0 amide bonds. The van der Waals surface area contributed by atoms with Crippen LogP contribution >= 0.6 is 0 Å². The Morgan fingerprint density at radius 3 is 2.16 bits per heavy atom. The summed E-state index contributed by atoms with van der Waals surface area (Å²) >= 11 is 0. The second-order valence-corrected chi connectivity index (χ2v) is 4.59. The Morgan fingerprint density at radius 1 is 1.21 bits per heavy atom. The topological polar surface area (TPSA) is 47.7 Å². The summed E-state index contributed by atoms with van der Waals surface area (Å²) in [5.41, 5.74) is 5.67. The highest BCUT2D eigenvalue weighted by atomic mass is 19.4. The minimum atomic E-state index is -4.37. The summed E-state index contributed by atoms with van der Waals surface area (Å²) < 4.78 is 49.5. The van der Waals surface area contributed by atoms with Gasteiger partial charge in [0, 0.05) is 32.8 Å². The normalized spacial score (nSPS) is 17.5. The van der Waals surface area contributed by atoms with E-state index in [9.17, 15) is 13.2 Å². The summed E-state index contributed by atoms with van der Waals surface area (Å²) in [5.74, 6) is 0. The van der Waals surface area contributed by atoms with Gasteiger partial charge in [-0.15, -0.1) is 0 Å². The number of hydrogen-bond acceptors (Lipinski definition) is 4. The van der Waals surface area contributed by atoms with Crippen molar-refractivity contribution in [3.8, 4) is 0 Å². The van der Waals surface area contributed by atoms with E-state index in [1.807, 2.05) is 0 Å². The van der Waals surface area contributed by atoms with E-state index in [-0.39, 0.29) is 32.2 Å². The monoisotopic (exact) mass is 286 g/mol. The molecular weight excluding hydrogens is 261 g/mol. The zero-order valence-electron chi connectivity index (χ0n) is 12.0. The van der Waals surface area contributed by atoms with E-state index in [2.05, 4.69) is 0 Å². The summed E-state index contributed by atoms with van der Waals surface area (Å²) in [5, 5.41) is 0. The molecule has 0 aliphatic rings. The molecule has 0 saturated heterocycles. The molecule has 0 saturated carbocycles. The molecule has 0 bridgehead atoms. The van der Waals surface area contributed by atoms with E-state index in [0.717, 1.165) is 0 Å². The van der Waals surface area contributed by atoms with E-state index in [4.69, 9.17) is 15.2 Å². The molecule has 0 heterocycles. The van der Waals surface area contributed by atoms with Crippen molar-refractivity contribution in [2.24, 2.45) is 5.73 Å². The quantitative estimate of drug-likeness (QED) is 0.700. The molecule has 3 atom stereocenters. The first-order valence-corrected chi connectivity index (χ1v) is 6.35. The Kier molecular flexibility index (Phi) is 8.56. The third-order valence-electron chi connectivity index (χ3n) is 3.10. The first kappa shape index (κ1) is 18.6. The second kappa shape index (κ2) is 8.73. The van der Waals surface area contributed by atoms with Gasteiger partial charge in [-0.3, -0.25) is 4.90 Å². The summed E-state index contributed by atoms with van der Waals surface area (Å²) in [4.78, 5) is 1.32. The number of methoxy groups -OCH3 is 2. The van der Waals surface area contributed by atoms with Gasteiger partial charge in [-0.1, -0.05) is 6.92 Å². The molecule has 7 heteroatoms. The maximum Gasteiger partial charge on any atom is 0.405 e. The van der Waals surface area contributed by atoms with E-state index < -0.39 is 18.3 Å². The standard InChI is InChI=1S/C12H25F3N2O2/c1-5-10(16)11(12(13,14)15)17(6-7-18-3)9(2)8-19-4/h9-11H,5-8,16H2,1-4H3. The van der Waals surface area contributed by atoms with Gasteiger partial charge in [0.15, 0.2) is 0 Å². The van der Waals surface area contributed by atoms with E-state index in [0.29, 0.717) is 0 Å². The number of nitrogens with two attached hydrogens (primary N) is 1. The van der Waals surface area contributed by atoms with Gasteiger partial charge in [0.2, 0.25) is 0 Å². The number of ether oxygens (including phenoxy) is 2. The van der Waals surface area contributed by atoms with Crippen LogP contribution in [0.1, 0.15) is 20.3 Å². The van der Waals surface area contributed by atoms with Gasteiger partial charge in [0.25, 0.3) is 0 Å². The molecule has 0 fully saturated rings. The third-order valence-corrected chi connectivity index (χ3v) is 3.10.